The van der Waals surface area contributed by atoms with Gasteiger partial charge in [-0.3, -0.25) is 4.79 Å². The van der Waals surface area contributed by atoms with Crippen LogP contribution in [0.5, 0.6) is 5.75 Å². The number of anilines is 1. The highest BCUT2D eigenvalue weighted by Gasteiger charge is 2.16. The molecule has 0 fully saturated rings. The van der Waals surface area contributed by atoms with Crippen molar-refractivity contribution in [3.05, 3.63) is 54.1 Å². The monoisotopic (exact) mass is 413 g/mol. The Hall–Kier alpha value is -3.82. The fraction of sp³-hybridized carbons (Fsp3) is 0.250. The van der Waals surface area contributed by atoms with E-state index >= 15 is 0 Å². The number of benzene rings is 1. The number of nitrogens with one attached hydrogen (secondary N) is 1. The van der Waals surface area contributed by atoms with Crippen LogP contribution in [0.3, 0.4) is 0 Å². The average molecular weight is 413 g/mol. The molecular weight excluding hydrogens is 393 g/mol. The highest BCUT2D eigenvalue weighted by Crippen LogP contribution is 2.24. The summed E-state index contributed by atoms with van der Waals surface area (Å²) < 4.78 is 20.7. The first-order valence-electron chi connectivity index (χ1n) is 9.22. The maximum absolute atomic E-state index is 13.2. The molecule has 1 aromatic carbocycles. The third kappa shape index (κ3) is 4.96. The largest absolute Gasteiger partial charge is 0.493 e. The summed E-state index contributed by atoms with van der Waals surface area (Å²) in [5, 5.41) is 19.7. The van der Waals surface area contributed by atoms with E-state index in [1.807, 2.05) is 11.5 Å². The fourth-order valence-electron chi connectivity index (χ4n) is 2.94. The number of carbonyl (C=O) groups excluding carboxylic acids is 1. The lowest BCUT2D eigenvalue weighted by Gasteiger charge is -2.16. The van der Waals surface area contributed by atoms with Gasteiger partial charge in [0, 0.05) is 6.04 Å². The molecule has 0 saturated heterocycles. The Balaban J connectivity index is 1.61. The van der Waals surface area contributed by atoms with Crippen molar-refractivity contribution in [2.24, 2.45) is 0 Å². The van der Waals surface area contributed by atoms with E-state index < -0.39 is 11.8 Å². The lowest BCUT2D eigenvalue weighted by molar-refractivity contribution is -0.105. The summed E-state index contributed by atoms with van der Waals surface area (Å²) >= 11 is 0. The zero-order valence-electron chi connectivity index (χ0n) is 16.2. The van der Waals surface area contributed by atoms with Crippen molar-refractivity contribution in [3.8, 4) is 17.3 Å². The molecule has 0 radical (unpaired) electrons. The summed E-state index contributed by atoms with van der Waals surface area (Å²) in [5.41, 5.74) is 0.360. The van der Waals surface area contributed by atoms with E-state index in [1.165, 1.54) is 6.07 Å². The number of halogens is 1. The van der Waals surface area contributed by atoms with Gasteiger partial charge in [-0.05, 0) is 50.1 Å². The van der Waals surface area contributed by atoms with Crippen molar-refractivity contribution < 1.29 is 23.8 Å². The molecule has 9 nitrogen and oxygen atoms in total. The molecule has 0 bridgehead atoms. The van der Waals surface area contributed by atoms with E-state index in [1.54, 1.807) is 24.5 Å². The van der Waals surface area contributed by atoms with Crippen LogP contribution in [0.4, 0.5) is 10.2 Å². The smallest absolute Gasteiger partial charge is 0.339 e. The summed E-state index contributed by atoms with van der Waals surface area (Å²) in [5.74, 6) is -0.776. The second-order valence-electron chi connectivity index (χ2n) is 6.52. The summed E-state index contributed by atoms with van der Waals surface area (Å²) in [7, 11) is 0. The predicted octanol–water partition coefficient (Wildman–Crippen LogP) is 3.17. The van der Waals surface area contributed by atoms with Gasteiger partial charge in [0.1, 0.15) is 35.0 Å². The van der Waals surface area contributed by atoms with Crippen LogP contribution in [0, 0.1) is 5.82 Å². The number of hydrogen-bond acceptors (Lipinski definition) is 6. The van der Waals surface area contributed by atoms with E-state index in [0.29, 0.717) is 36.6 Å². The first-order valence-corrected chi connectivity index (χ1v) is 9.22. The predicted molar refractivity (Wildman–Crippen MR) is 106 cm³/mol. The van der Waals surface area contributed by atoms with Crippen molar-refractivity contribution in [1.29, 1.82) is 0 Å². The molecule has 30 heavy (non-hydrogen) atoms. The van der Waals surface area contributed by atoms with Crippen LogP contribution in [0.2, 0.25) is 0 Å². The van der Waals surface area contributed by atoms with Crippen LogP contribution in [-0.2, 0) is 4.79 Å². The summed E-state index contributed by atoms with van der Waals surface area (Å²) in [6, 6.07) is 8.61. The Bertz CT molecular complexity index is 1040. The molecule has 0 spiro atoms. The molecule has 0 aliphatic heterocycles. The molecule has 2 heterocycles. The van der Waals surface area contributed by atoms with Gasteiger partial charge < -0.3 is 19.7 Å². The number of aromatic nitrogens is 4. The van der Waals surface area contributed by atoms with Gasteiger partial charge in [-0.2, -0.15) is 0 Å². The molecule has 1 unspecified atom stereocenters. The van der Waals surface area contributed by atoms with Crippen LogP contribution in [0.15, 0.2) is 42.7 Å². The third-order valence-electron chi connectivity index (χ3n) is 4.43. The van der Waals surface area contributed by atoms with E-state index in [9.17, 15) is 14.0 Å². The number of aromatic carboxylic acids is 1. The van der Waals surface area contributed by atoms with Crippen LogP contribution < -0.4 is 10.1 Å². The minimum atomic E-state index is -1.24. The Morgan fingerprint density at radius 3 is 2.97 bits per heavy atom. The van der Waals surface area contributed by atoms with Crippen LogP contribution in [0.1, 0.15) is 36.2 Å². The van der Waals surface area contributed by atoms with Crippen molar-refractivity contribution in [1.82, 2.24) is 19.7 Å². The van der Waals surface area contributed by atoms with E-state index in [4.69, 9.17) is 9.84 Å². The Kier molecular flexibility index (Phi) is 6.68. The highest BCUT2D eigenvalue weighted by molar-refractivity contribution is 5.90. The molecule has 0 aliphatic carbocycles. The van der Waals surface area contributed by atoms with Crippen LogP contribution in [-0.4, -0.2) is 43.8 Å². The van der Waals surface area contributed by atoms with Gasteiger partial charge in [-0.15, -0.1) is 10.2 Å². The molecule has 0 saturated carbocycles. The Labute approximate surface area is 171 Å². The number of ether oxygens (including phenoxy) is 1. The van der Waals surface area contributed by atoms with Crippen molar-refractivity contribution in [2.75, 3.05) is 11.9 Å². The quantitative estimate of drug-likeness (QED) is 0.387. The maximum Gasteiger partial charge on any atom is 0.339 e. The standard InChI is InChI=1S/C20H20FN5O4/c1-13(4-3-9-30-17-8-7-14(21)10-15(17)20(28)29)26-11-23-25-19(26)16-5-2-6-18(24-16)22-12-27/h2,5-8,10-13H,3-4,9H2,1H3,(H,28,29)(H,22,24,27). The summed E-state index contributed by atoms with van der Waals surface area (Å²) in [4.78, 5) is 26.2. The SMILES string of the molecule is CC(CCCOc1ccc(F)cc1C(=O)O)n1cnnc1-c1cccc(NC=O)n1. The molecule has 2 aromatic heterocycles. The summed E-state index contributed by atoms with van der Waals surface area (Å²) in [6.07, 6.45) is 3.47. The van der Waals surface area contributed by atoms with Crippen molar-refractivity contribution in [2.45, 2.75) is 25.8 Å². The third-order valence-corrected chi connectivity index (χ3v) is 4.43. The number of pyridine rings is 1. The van der Waals surface area contributed by atoms with Gasteiger partial charge in [0.15, 0.2) is 5.82 Å². The minimum absolute atomic E-state index is 0.00949. The first kappa shape index (κ1) is 20.9. The number of carbonyl (C=O) groups is 2. The molecule has 2 N–H and O–H groups in total. The lowest BCUT2D eigenvalue weighted by atomic mass is 10.1. The molecule has 1 atom stereocenters. The van der Waals surface area contributed by atoms with E-state index in [0.717, 1.165) is 12.1 Å². The zero-order valence-corrected chi connectivity index (χ0v) is 16.2. The van der Waals surface area contributed by atoms with E-state index in [2.05, 4.69) is 20.5 Å². The maximum atomic E-state index is 13.2. The molecular formula is C20H20FN5O4. The summed E-state index contributed by atoms with van der Waals surface area (Å²) in [6.45, 7) is 2.26. The zero-order chi connectivity index (χ0) is 21.5. The molecule has 1 amide bonds. The Morgan fingerprint density at radius 2 is 2.20 bits per heavy atom. The number of nitrogens with zero attached hydrogens (tertiary/aromatic N) is 4. The fourth-order valence-corrected chi connectivity index (χ4v) is 2.94. The molecule has 10 heteroatoms. The number of amides is 1. The van der Waals surface area contributed by atoms with Gasteiger partial charge in [-0.1, -0.05) is 6.07 Å². The second kappa shape index (κ2) is 9.59. The van der Waals surface area contributed by atoms with E-state index in [-0.39, 0.29) is 24.0 Å². The molecule has 3 aromatic rings. The van der Waals surface area contributed by atoms with Gasteiger partial charge in [-0.25, -0.2) is 14.2 Å². The number of carboxylic acids is 1. The Morgan fingerprint density at radius 1 is 1.37 bits per heavy atom. The molecule has 0 aliphatic rings. The van der Waals surface area contributed by atoms with Crippen molar-refractivity contribution >= 4 is 18.2 Å². The van der Waals surface area contributed by atoms with Crippen LogP contribution >= 0.6 is 0 Å². The number of carboxylic acid groups (broad SMARTS) is 1. The van der Waals surface area contributed by atoms with Crippen molar-refractivity contribution in [3.63, 3.8) is 0 Å². The average Bonchev–Trinajstić information content (AvgIpc) is 3.22. The number of rotatable bonds is 10. The second-order valence-corrected chi connectivity index (χ2v) is 6.52. The van der Waals surface area contributed by atoms with Gasteiger partial charge in [0.25, 0.3) is 0 Å². The first-order chi connectivity index (χ1) is 14.5. The van der Waals surface area contributed by atoms with Gasteiger partial charge >= 0.3 is 5.97 Å². The molecule has 3 rings (SSSR count). The van der Waals surface area contributed by atoms with Crippen LogP contribution in [0.25, 0.3) is 11.5 Å². The topological polar surface area (TPSA) is 119 Å². The molecule has 156 valence electrons. The van der Waals surface area contributed by atoms with Gasteiger partial charge in [0.05, 0.1) is 6.61 Å². The minimum Gasteiger partial charge on any atom is -0.493 e. The van der Waals surface area contributed by atoms with Gasteiger partial charge in [0.2, 0.25) is 6.41 Å². The highest BCUT2D eigenvalue weighted by atomic mass is 19.1. The number of hydrogen-bond donors (Lipinski definition) is 2. The lowest BCUT2D eigenvalue weighted by Crippen LogP contribution is -2.10. The normalized spacial score (nSPS) is 11.7.